The molecule has 6 nitrogen and oxygen atoms in total. The minimum absolute atomic E-state index is 0.0258. The number of amides is 2. The van der Waals surface area contributed by atoms with E-state index in [1.807, 2.05) is 6.07 Å². The highest BCUT2D eigenvalue weighted by Crippen LogP contribution is 2.32. The van der Waals surface area contributed by atoms with E-state index in [0.29, 0.717) is 16.8 Å². The number of anilines is 1. The lowest BCUT2D eigenvalue weighted by atomic mass is 10.0. The van der Waals surface area contributed by atoms with Crippen LogP contribution in [0.5, 0.6) is 0 Å². The molecule has 3 N–H and O–H groups in total. The van der Waals surface area contributed by atoms with Crippen LogP contribution in [-0.2, 0) is 4.79 Å². The lowest BCUT2D eigenvalue weighted by Crippen LogP contribution is -2.49. The second-order valence-electron chi connectivity index (χ2n) is 5.22. The van der Waals surface area contributed by atoms with Gasteiger partial charge in [0.15, 0.2) is 0 Å². The third kappa shape index (κ3) is 2.72. The van der Waals surface area contributed by atoms with Crippen LogP contribution >= 0.6 is 0 Å². The van der Waals surface area contributed by atoms with Gasteiger partial charge in [0.05, 0.1) is 29.4 Å². The first-order valence-corrected chi connectivity index (χ1v) is 7.05. The summed E-state index contributed by atoms with van der Waals surface area (Å²) in [5.74, 6) is -0.703. The molecule has 0 bridgehead atoms. The van der Waals surface area contributed by atoms with E-state index in [4.69, 9.17) is 11.0 Å². The van der Waals surface area contributed by atoms with Crippen LogP contribution in [0.1, 0.15) is 27.7 Å². The van der Waals surface area contributed by atoms with Gasteiger partial charge in [0.2, 0.25) is 5.91 Å². The van der Waals surface area contributed by atoms with Crippen molar-refractivity contribution in [2.45, 2.75) is 6.17 Å². The molecule has 2 amide bonds. The average molecular weight is 306 g/mol. The Bertz CT molecular complexity index is 808. The Hall–Kier alpha value is -3.33. The number of hydrogen-bond donors (Lipinski definition) is 2. The van der Waals surface area contributed by atoms with Gasteiger partial charge in [-0.25, -0.2) is 0 Å². The molecule has 1 heterocycles. The van der Waals surface area contributed by atoms with Crippen molar-refractivity contribution >= 4 is 17.5 Å². The number of carbonyl (C=O) groups excluding carboxylic acids is 2. The molecule has 0 aliphatic carbocycles. The van der Waals surface area contributed by atoms with Crippen molar-refractivity contribution in [2.24, 2.45) is 5.73 Å². The van der Waals surface area contributed by atoms with Gasteiger partial charge >= 0.3 is 0 Å². The molecule has 2 aromatic carbocycles. The Balaban J connectivity index is 2.06. The second-order valence-corrected chi connectivity index (χ2v) is 5.22. The van der Waals surface area contributed by atoms with Crippen molar-refractivity contribution in [2.75, 3.05) is 11.4 Å². The van der Waals surface area contributed by atoms with Crippen LogP contribution in [0.3, 0.4) is 0 Å². The molecule has 1 atom stereocenters. The fourth-order valence-corrected chi connectivity index (χ4v) is 2.68. The minimum Gasteiger partial charge on any atom is -0.368 e. The smallest absolute Gasteiger partial charge is 0.255 e. The maximum absolute atomic E-state index is 12.3. The SMILES string of the molecule is N#Cc1ccc(C2NC(=O)c3ccccc3N2CC(N)=O)cc1. The topological polar surface area (TPSA) is 99.2 Å². The van der Waals surface area contributed by atoms with Crippen LogP contribution in [0.15, 0.2) is 48.5 Å². The Morgan fingerprint density at radius 2 is 1.91 bits per heavy atom. The van der Waals surface area contributed by atoms with E-state index >= 15 is 0 Å². The van der Waals surface area contributed by atoms with Crippen molar-refractivity contribution in [1.29, 1.82) is 5.26 Å². The molecule has 1 unspecified atom stereocenters. The number of nitrogens with two attached hydrogens (primary N) is 1. The summed E-state index contributed by atoms with van der Waals surface area (Å²) in [6, 6.07) is 16.0. The number of nitrogens with one attached hydrogen (secondary N) is 1. The number of primary amides is 1. The van der Waals surface area contributed by atoms with Crippen LogP contribution in [0, 0.1) is 11.3 Å². The first-order valence-electron chi connectivity index (χ1n) is 7.05. The molecular weight excluding hydrogens is 292 g/mol. The lowest BCUT2D eigenvalue weighted by molar-refractivity contribution is -0.116. The largest absolute Gasteiger partial charge is 0.368 e. The Labute approximate surface area is 133 Å². The third-order valence-electron chi connectivity index (χ3n) is 3.72. The summed E-state index contributed by atoms with van der Waals surface area (Å²) in [4.78, 5) is 25.5. The normalized spacial score (nSPS) is 16.2. The van der Waals surface area contributed by atoms with Crippen molar-refractivity contribution in [3.05, 3.63) is 65.2 Å². The zero-order chi connectivity index (χ0) is 16.4. The third-order valence-corrected chi connectivity index (χ3v) is 3.72. The molecule has 3 rings (SSSR count). The fourth-order valence-electron chi connectivity index (χ4n) is 2.68. The number of benzene rings is 2. The Morgan fingerprint density at radius 1 is 1.22 bits per heavy atom. The molecule has 0 aromatic heterocycles. The summed E-state index contributed by atoms with van der Waals surface area (Å²) in [5, 5.41) is 11.8. The highest BCUT2D eigenvalue weighted by atomic mass is 16.2. The highest BCUT2D eigenvalue weighted by Gasteiger charge is 2.32. The van der Waals surface area contributed by atoms with Crippen LogP contribution in [0.2, 0.25) is 0 Å². The van der Waals surface area contributed by atoms with Gasteiger partial charge in [0, 0.05) is 0 Å². The van der Waals surface area contributed by atoms with Crippen LogP contribution < -0.4 is 16.0 Å². The van der Waals surface area contributed by atoms with Gasteiger partial charge in [0.1, 0.15) is 6.17 Å². The van der Waals surface area contributed by atoms with Crippen molar-refractivity contribution in [3.63, 3.8) is 0 Å². The van der Waals surface area contributed by atoms with Crippen molar-refractivity contribution in [3.8, 4) is 6.07 Å². The van der Waals surface area contributed by atoms with E-state index in [1.165, 1.54) is 0 Å². The molecule has 23 heavy (non-hydrogen) atoms. The Morgan fingerprint density at radius 3 is 2.57 bits per heavy atom. The summed E-state index contributed by atoms with van der Waals surface area (Å²) in [5.41, 5.74) is 7.82. The predicted molar refractivity (Wildman–Crippen MR) is 84.3 cm³/mol. The summed E-state index contributed by atoms with van der Waals surface area (Å²) in [6.07, 6.45) is -0.516. The van der Waals surface area contributed by atoms with Gasteiger partial charge < -0.3 is 16.0 Å². The molecular formula is C17H14N4O2. The van der Waals surface area contributed by atoms with Gasteiger partial charge in [-0.2, -0.15) is 5.26 Å². The number of fused-ring (bicyclic) bond motifs is 1. The van der Waals surface area contributed by atoms with Gasteiger partial charge in [-0.15, -0.1) is 0 Å². The van der Waals surface area contributed by atoms with Crippen LogP contribution in [0.25, 0.3) is 0 Å². The van der Waals surface area contributed by atoms with Gasteiger partial charge in [-0.05, 0) is 29.8 Å². The van der Waals surface area contributed by atoms with E-state index in [1.54, 1.807) is 53.4 Å². The lowest BCUT2D eigenvalue weighted by Gasteiger charge is -2.38. The molecule has 0 saturated carbocycles. The molecule has 0 fully saturated rings. The first-order chi connectivity index (χ1) is 11.1. The molecule has 0 radical (unpaired) electrons. The monoisotopic (exact) mass is 306 g/mol. The second kappa shape index (κ2) is 5.81. The quantitative estimate of drug-likeness (QED) is 0.892. The van der Waals surface area contributed by atoms with E-state index in [9.17, 15) is 9.59 Å². The molecule has 0 saturated heterocycles. The average Bonchev–Trinajstić information content (AvgIpc) is 2.57. The van der Waals surface area contributed by atoms with E-state index in [-0.39, 0.29) is 12.5 Å². The molecule has 1 aliphatic rings. The molecule has 114 valence electrons. The minimum atomic E-state index is -0.516. The fraction of sp³-hybridized carbons (Fsp3) is 0.118. The molecule has 1 aliphatic heterocycles. The van der Waals surface area contributed by atoms with E-state index in [2.05, 4.69) is 5.32 Å². The molecule has 2 aromatic rings. The molecule has 6 heteroatoms. The van der Waals surface area contributed by atoms with Crippen LogP contribution in [0.4, 0.5) is 5.69 Å². The standard InChI is InChI=1S/C17H14N4O2/c18-9-11-5-7-12(8-6-11)16-20-17(23)13-3-1-2-4-14(13)21(16)10-15(19)22/h1-8,16H,10H2,(H2,19,22)(H,20,23). The van der Waals surface area contributed by atoms with E-state index < -0.39 is 12.1 Å². The summed E-state index contributed by atoms with van der Waals surface area (Å²) >= 11 is 0. The number of nitriles is 1. The zero-order valence-electron chi connectivity index (χ0n) is 12.2. The summed E-state index contributed by atoms with van der Waals surface area (Å²) in [6.45, 7) is -0.0258. The first kappa shape index (κ1) is 14.6. The maximum Gasteiger partial charge on any atom is 0.255 e. The number of hydrogen-bond acceptors (Lipinski definition) is 4. The zero-order valence-corrected chi connectivity index (χ0v) is 12.2. The number of rotatable bonds is 3. The van der Waals surface area contributed by atoms with E-state index in [0.717, 1.165) is 5.56 Å². The van der Waals surface area contributed by atoms with Gasteiger partial charge in [0.25, 0.3) is 5.91 Å². The number of carbonyl (C=O) groups is 2. The van der Waals surface area contributed by atoms with Gasteiger partial charge in [-0.3, -0.25) is 9.59 Å². The highest BCUT2D eigenvalue weighted by molar-refractivity contribution is 6.02. The summed E-state index contributed by atoms with van der Waals surface area (Å²) < 4.78 is 0. The van der Waals surface area contributed by atoms with Crippen molar-refractivity contribution < 1.29 is 9.59 Å². The van der Waals surface area contributed by atoms with Crippen LogP contribution in [-0.4, -0.2) is 18.4 Å². The van der Waals surface area contributed by atoms with Gasteiger partial charge in [-0.1, -0.05) is 24.3 Å². The summed E-state index contributed by atoms with van der Waals surface area (Å²) in [7, 11) is 0. The maximum atomic E-state index is 12.3. The van der Waals surface area contributed by atoms with Crippen molar-refractivity contribution in [1.82, 2.24) is 5.32 Å². The predicted octanol–water partition coefficient (Wildman–Crippen LogP) is 1.29. The number of nitrogens with zero attached hydrogens (tertiary/aromatic N) is 2. The number of para-hydroxylation sites is 1. The molecule has 0 spiro atoms. The Kier molecular flexibility index (Phi) is 3.69.